The Morgan fingerprint density at radius 1 is 1.27 bits per heavy atom. The van der Waals surface area contributed by atoms with Crippen molar-refractivity contribution in [3.63, 3.8) is 0 Å². The summed E-state index contributed by atoms with van der Waals surface area (Å²) in [5, 5.41) is 25.6. The van der Waals surface area contributed by atoms with Crippen molar-refractivity contribution in [3.8, 4) is 0 Å². The molecule has 2 rings (SSSR count). The Balaban J connectivity index is 2.37. The molecule has 0 unspecified atom stereocenters. The summed E-state index contributed by atoms with van der Waals surface area (Å²) >= 11 is 6.66. The number of nitrogens with zero attached hydrogens (tertiary/aromatic N) is 1. The molecule has 1 aliphatic heterocycles. The van der Waals surface area contributed by atoms with Crippen LogP contribution in [0.4, 0.5) is 0 Å². The first-order chi connectivity index (χ1) is 17.5. The summed E-state index contributed by atoms with van der Waals surface area (Å²) in [7, 11) is 0. The molecule has 206 valence electrons. The molecule has 6 nitrogen and oxygen atoms in total. The number of nitrogens with one attached hydrogen (secondary N) is 1. The summed E-state index contributed by atoms with van der Waals surface area (Å²) < 4.78 is 0. The van der Waals surface area contributed by atoms with E-state index in [9.17, 15) is 19.8 Å². The van der Waals surface area contributed by atoms with Crippen LogP contribution in [-0.4, -0.2) is 45.1 Å². The summed E-state index contributed by atoms with van der Waals surface area (Å²) in [4.78, 5) is 31.0. The van der Waals surface area contributed by atoms with Crippen LogP contribution in [0.2, 0.25) is 0 Å². The first-order valence-electron chi connectivity index (χ1n) is 13.6. The van der Waals surface area contributed by atoms with Crippen LogP contribution in [0.5, 0.6) is 0 Å². The van der Waals surface area contributed by atoms with E-state index in [0.29, 0.717) is 23.6 Å². The van der Waals surface area contributed by atoms with Crippen LogP contribution in [-0.2, 0) is 9.59 Å². The molecule has 0 aliphatic carbocycles. The van der Waals surface area contributed by atoms with Crippen LogP contribution in [0.15, 0.2) is 41.1 Å². The zero-order chi connectivity index (χ0) is 27.6. The van der Waals surface area contributed by atoms with Gasteiger partial charge in [-0.1, -0.05) is 69.9 Å². The molecular formula is C30H45ClN2O4. The van der Waals surface area contributed by atoms with Gasteiger partial charge in [-0.3, -0.25) is 14.6 Å². The minimum atomic E-state index is -1.20. The summed E-state index contributed by atoms with van der Waals surface area (Å²) in [5.74, 6) is -1.20. The van der Waals surface area contributed by atoms with Crippen LogP contribution in [0, 0.1) is 17.3 Å². The van der Waals surface area contributed by atoms with E-state index in [-0.39, 0.29) is 24.0 Å². The molecule has 0 bridgehead atoms. The summed E-state index contributed by atoms with van der Waals surface area (Å²) in [6, 6.07) is 5.04. The second kappa shape index (κ2) is 14.8. The van der Waals surface area contributed by atoms with Gasteiger partial charge >= 0.3 is 0 Å². The van der Waals surface area contributed by atoms with Crippen molar-refractivity contribution in [1.29, 1.82) is 0 Å². The lowest BCUT2D eigenvalue weighted by Gasteiger charge is -2.36. The molecule has 5 atom stereocenters. The largest absolute Gasteiger partial charge is 0.392 e. The van der Waals surface area contributed by atoms with Crippen LogP contribution >= 0.6 is 11.6 Å². The van der Waals surface area contributed by atoms with Gasteiger partial charge in [-0.25, -0.2) is 0 Å². The predicted molar refractivity (Wildman–Crippen MR) is 150 cm³/mol. The number of hydrogen-bond acceptors (Lipinski definition) is 5. The average Bonchev–Trinajstić information content (AvgIpc) is 2.86. The number of carbonyl (C=O) groups excluding carboxylic acids is 2. The Morgan fingerprint density at radius 2 is 2.00 bits per heavy atom. The molecule has 1 aliphatic rings. The number of hydrogen-bond donors (Lipinski definition) is 3. The van der Waals surface area contributed by atoms with E-state index >= 15 is 0 Å². The second-order valence-electron chi connectivity index (χ2n) is 11.1. The van der Waals surface area contributed by atoms with Gasteiger partial charge in [-0.2, -0.15) is 0 Å². The number of amides is 1. The minimum absolute atomic E-state index is 0.0498. The predicted octanol–water partition coefficient (Wildman–Crippen LogP) is 5.82. The van der Waals surface area contributed by atoms with Gasteiger partial charge in [0.2, 0.25) is 5.91 Å². The van der Waals surface area contributed by atoms with Gasteiger partial charge in [0.25, 0.3) is 0 Å². The van der Waals surface area contributed by atoms with Gasteiger partial charge in [0.1, 0.15) is 5.78 Å². The fourth-order valence-electron chi connectivity index (χ4n) is 4.84. The maximum absolute atomic E-state index is 13.7. The fraction of sp³-hybridized carbons (Fsp3) is 0.633. The Hall–Kier alpha value is -2.02. The zero-order valence-corrected chi connectivity index (χ0v) is 23.8. The van der Waals surface area contributed by atoms with Crippen molar-refractivity contribution in [2.45, 2.75) is 104 Å². The van der Waals surface area contributed by atoms with E-state index < -0.39 is 29.6 Å². The summed E-state index contributed by atoms with van der Waals surface area (Å²) in [6.07, 6.45) is 8.61. The molecule has 7 heteroatoms. The number of Topliss-reactive ketones (excluding diaryl/α,β-unsaturated/α-hetero) is 1. The molecule has 37 heavy (non-hydrogen) atoms. The van der Waals surface area contributed by atoms with E-state index in [1.165, 1.54) is 5.57 Å². The minimum Gasteiger partial charge on any atom is -0.392 e. The highest BCUT2D eigenvalue weighted by molar-refractivity contribution is 6.32. The van der Waals surface area contributed by atoms with Gasteiger partial charge < -0.3 is 15.5 Å². The first-order valence-corrected chi connectivity index (χ1v) is 14.0. The molecule has 1 aromatic heterocycles. The maximum atomic E-state index is 13.7. The van der Waals surface area contributed by atoms with E-state index in [4.69, 9.17) is 11.6 Å². The molecule has 0 fully saturated rings. The zero-order valence-electron chi connectivity index (χ0n) is 23.0. The Labute approximate surface area is 227 Å². The van der Waals surface area contributed by atoms with Gasteiger partial charge in [0, 0.05) is 17.1 Å². The Kier molecular flexibility index (Phi) is 12.5. The standard InChI is InChI=1S/C30H45ClN2O4/c1-6-7-14-23-28(36)21(3)12-10-11-20(2)15-16-25(24(31)18-22-13-8-9-17-32-22)33-27(35)19-26(34)30(4,5)29(23)37/h8-9,13,15,17-18,21,23,25-26,28,34,36H,6-7,10-12,14,16,19H2,1-5H3,(H,33,35)/b20-15-,24-18-/t21-,23+,25-,26-,28-/m0/s1. The first kappa shape index (κ1) is 31.2. The van der Waals surface area contributed by atoms with Crippen LogP contribution in [0.3, 0.4) is 0 Å². The third kappa shape index (κ3) is 9.35. The Morgan fingerprint density at radius 3 is 2.65 bits per heavy atom. The van der Waals surface area contributed by atoms with Crippen molar-refractivity contribution >= 4 is 29.4 Å². The van der Waals surface area contributed by atoms with Crippen LogP contribution < -0.4 is 5.32 Å². The van der Waals surface area contributed by atoms with E-state index in [0.717, 1.165) is 32.1 Å². The van der Waals surface area contributed by atoms with Crippen LogP contribution in [0.25, 0.3) is 6.08 Å². The van der Waals surface area contributed by atoms with Crippen LogP contribution in [0.1, 0.15) is 91.7 Å². The average molecular weight is 533 g/mol. The van der Waals surface area contributed by atoms with Gasteiger partial charge in [-0.05, 0) is 63.2 Å². The Bertz CT molecular complexity index is 944. The summed E-state index contributed by atoms with van der Waals surface area (Å²) in [5.41, 5.74) is 0.676. The molecule has 0 aromatic carbocycles. The molecule has 2 heterocycles. The quantitative estimate of drug-likeness (QED) is 0.415. The molecule has 0 spiro atoms. The molecule has 0 saturated carbocycles. The molecule has 1 aromatic rings. The van der Waals surface area contributed by atoms with Crippen molar-refractivity contribution < 1.29 is 19.8 Å². The monoisotopic (exact) mass is 532 g/mol. The highest BCUT2D eigenvalue weighted by atomic mass is 35.5. The second-order valence-corrected chi connectivity index (χ2v) is 11.5. The number of ketones is 1. The van der Waals surface area contributed by atoms with Crippen molar-refractivity contribution in [2.75, 3.05) is 0 Å². The van der Waals surface area contributed by atoms with E-state index in [2.05, 4.69) is 30.2 Å². The number of aromatic nitrogens is 1. The number of carbonyl (C=O) groups is 2. The lowest BCUT2D eigenvalue weighted by molar-refractivity contribution is -0.144. The van der Waals surface area contributed by atoms with E-state index in [1.807, 2.05) is 25.1 Å². The molecule has 0 radical (unpaired) electrons. The van der Waals surface area contributed by atoms with Gasteiger partial charge in [0.15, 0.2) is 0 Å². The third-order valence-corrected chi connectivity index (χ3v) is 7.99. The molecule has 0 saturated heterocycles. The third-order valence-electron chi connectivity index (χ3n) is 7.62. The van der Waals surface area contributed by atoms with Crippen molar-refractivity contribution in [2.24, 2.45) is 17.3 Å². The normalized spacial score (nSPS) is 30.3. The molecule has 3 N–H and O–H groups in total. The fourth-order valence-corrected chi connectivity index (χ4v) is 5.10. The number of rotatable bonds is 5. The molecule has 1 amide bonds. The van der Waals surface area contributed by atoms with Gasteiger partial charge in [0.05, 0.1) is 35.8 Å². The SMILES string of the molecule is CCCC[C@H]1C(=O)C(C)(C)[C@@H](O)CC(=O)N[C@H](/C(Cl)=C/c2ccccn2)C/C=C(/C)CCC[C@H](C)[C@@H]1O. The van der Waals surface area contributed by atoms with E-state index in [1.54, 1.807) is 26.1 Å². The highest BCUT2D eigenvalue weighted by Crippen LogP contribution is 2.34. The number of halogens is 1. The topological polar surface area (TPSA) is 99.5 Å². The lowest BCUT2D eigenvalue weighted by atomic mass is 9.71. The number of aliphatic hydroxyl groups is 2. The number of aliphatic hydroxyl groups excluding tert-OH is 2. The number of pyridine rings is 1. The number of unbranched alkanes of at least 4 members (excludes halogenated alkanes) is 1. The lowest BCUT2D eigenvalue weighted by Crippen LogP contribution is -2.48. The molecular weight excluding hydrogens is 488 g/mol. The van der Waals surface area contributed by atoms with Crippen molar-refractivity contribution in [3.05, 3.63) is 46.8 Å². The highest BCUT2D eigenvalue weighted by Gasteiger charge is 2.43. The smallest absolute Gasteiger partial charge is 0.223 e. The van der Waals surface area contributed by atoms with Crippen molar-refractivity contribution in [1.82, 2.24) is 10.3 Å². The van der Waals surface area contributed by atoms with Gasteiger partial charge in [-0.15, -0.1) is 0 Å². The maximum Gasteiger partial charge on any atom is 0.223 e. The number of allylic oxidation sites excluding steroid dienone is 1. The summed E-state index contributed by atoms with van der Waals surface area (Å²) in [6.45, 7) is 9.45.